The zero-order chi connectivity index (χ0) is 22.6. The van der Waals surface area contributed by atoms with Gasteiger partial charge in [0, 0.05) is 0 Å². The SMILES string of the molecule is CC1=CC(c2cccc3c2[cH-]c2ccccc23)C=C1.[Zr]=[C](c1ccccc1)c1ccccc1. The van der Waals surface area contributed by atoms with Gasteiger partial charge in [-0.15, -0.1) is 33.7 Å². The maximum atomic E-state index is 2.34. The van der Waals surface area contributed by atoms with Gasteiger partial charge in [-0.2, -0.15) is 0 Å². The average Bonchev–Trinajstić information content (AvgIpc) is 3.48. The predicted molar refractivity (Wildman–Crippen MR) is 139 cm³/mol. The maximum absolute atomic E-state index is 2.34. The van der Waals surface area contributed by atoms with Gasteiger partial charge >= 0.3 is 99.2 Å². The first-order chi connectivity index (χ1) is 16.2. The van der Waals surface area contributed by atoms with E-state index in [0.29, 0.717) is 5.92 Å². The molecule has 1 aliphatic carbocycles. The second-order valence-corrected chi connectivity index (χ2v) is 9.67. The summed E-state index contributed by atoms with van der Waals surface area (Å²) < 4.78 is 1.42. The molecular weight excluding hydrogens is 476 g/mol. The first-order valence-corrected chi connectivity index (χ1v) is 12.6. The Labute approximate surface area is 210 Å². The van der Waals surface area contributed by atoms with Gasteiger partial charge in [0.15, 0.2) is 0 Å². The van der Waals surface area contributed by atoms with Gasteiger partial charge in [-0.3, -0.25) is 0 Å². The summed E-state index contributed by atoms with van der Waals surface area (Å²) >= 11 is 1.46. The zero-order valence-corrected chi connectivity index (χ0v) is 21.2. The molecule has 33 heavy (non-hydrogen) atoms. The van der Waals surface area contributed by atoms with E-state index in [1.165, 1.54) is 71.2 Å². The van der Waals surface area contributed by atoms with Crippen LogP contribution in [0.3, 0.4) is 0 Å². The van der Waals surface area contributed by atoms with Crippen molar-refractivity contribution in [3.63, 3.8) is 0 Å². The Kier molecular flexibility index (Phi) is 6.51. The van der Waals surface area contributed by atoms with Crippen LogP contribution in [-0.4, -0.2) is 3.21 Å². The first-order valence-electron chi connectivity index (χ1n) is 11.3. The second-order valence-electron chi connectivity index (χ2n) is 8.44. The summed E-state index contributed by atoms with van der Waals surface area (Å²) in [7, 11) is 0. The number of rotatable bonds is 3. The van der Waals surface area contributed by atoms with Crippen LogP contribution in [-0.2, 0) is 24.2 Å². The van der Waals surface area contributed by atoms with Crippen molar-refractivity contribution >= 4 is 24.8 Å². The minimum atomic E-state index is 0.431. The summed E-state index contributed by atoms with van der Waals surface area (Å²) in [5.41, 5.74) is 5.44. The molecule has 0 aliphatic heterocycles. The summed E-state index contributed by atoms with van der Waals surface area (Å²) in [4.78, 5) is 0. The number of benzene rings is 4. The molecule has 0 bridgehead atoms. The summed E-state index contributed by atoms with van der Waals surface area (Å²) in [5.74, 6) is 0.431. The van der Waals surface area contributed by atoms with Gasteiger partial charge in [-0.05, 0) is 12.8 Å². The van der Waals surface area contributed by atoms with Crippen LogP contribution < -0.4 is 0 Å². The van der Waals surface area contributed by atoms with Crippen molar-refractivity contribution in [1.82, 2.24) is 0 Å². The molecule has 0 N–H and O–H groups in total. The fraction of sp³-hybridized carbons (Fsp3) is 0.0625. The fourth-order valence-corrected chi connectivity index (χ4v) is 5.33. The second kappa shape index (κ2) is 9.86. The van der Waals surface area contributed by atoms with Gasteiger partial charge in [0.1, 0.15) is 0 Å². The van der Waals surface area contributed by atoms with Crippen molar-refractivity contribution in [2.45, 2.75) is 12.8 Å². The Bertz CT molecular complexity index is 1430. The van der Waals surface area contributed by atoms with E-state index < -0.39 is 0 Å². The molecule has 0 nitrogen and oxygen atoms in total. The number of hydrogen-bond acceptors (Lipinski definition) is 0. The Morgan fingerprint density at radius 3 is 1.94 bits per heavy atom. The number of allylic oxidation sites excluding steroid dienone is 4. The molecule has 0 heterocycles. The number of fused-ring (bicyclic) bond motifs is 3. The Balaban J connectivity index is 0.000000146. The summed E-state index contributed by atoms with van der Waals surface area (Å²) in [6.45, 7) is 2.16. The van der Waals surface area contributed by atoms with Crippen LogP contribution in [0.25, 0.3) is 21.5 Å². The van der Waals surface area contributed by atoms with Crippen LogP contribution in [0.5, 0.6) is 0 Å². The molecular formula is C32H25Zr-. The normalized spacial score (nSPS) is 14.7. The molecule has 0 aromatic heterocycles. The molecule has 1 atom stereocenters. The molecule has 0 radical (unpaired) electrons. The third kappa shape index (κ3) is 4.70. The summed E-state index contributed by atoms with van der Waals surface area (Å²) in [6.07, 6.45) is 6.85. The van der Waals surface area contributed by atoms with Crippen molar-refractivity contribution in [2.75, 3.05) is 0 Å². The molecule has 0 amide bonds. The van der Waals surface area contributed by atoms with E-state index in [-0.39, 0.29) is 0 Å². The van der Waals surface area contributed by atoms with E-state index in [2.05, 4.69) is 134 Å². The molecule has 1 heteroatoms. The van der Waals surface area contributed by atoms with Crippen molar-refractivity contribution < 1.29 is 24.2 Å². The van der Waals surface area contributed by atoms with E-state index in [1.54, 1.807) is 0 Å². The predicted octanol–water partition coefficient (Wildman–Crippen LogP) is 8.11. The number of hydrogen-bond donors (Lipinski definition) is 0. The van der Waals surface area contributed by atoms with Crippen LogP contribution in [0.2, 0.25) is 0 Å². The zero-order valence-electron chi connectivity index (χ0n) is 18.7. The van der Waals surface area contributed by atoms with E-state index in [9.17, 15) is 0 Å². The van der Waals surface area contributed by atoms with Gasteiger partial charge in [-0.25, -0.2) is 0 Å². The van der Waals surface area contributed by atoms with Crippen molar-refractivity contribution in [3.05, 3.63) is 150 Å². The van der Waals surface area contributed by atoms with E-state index in [0.717, 1.165) is 0 Å². The van der Waals surface area contributed by atoms with Gasteiger partial charge in [-0.1, -0.05) is 65.8 Å². The van der Waals surface area contributed by atoms with E-state index in [4.69, 9.17) is 0 Å². The first kappa shape index (κ1) is 21.8. The third-order valence-corrected chi connectivity index (χ3v) is 7.60. The molecule has 1 unspecified atom stereocenters. The fourth-order valence-electron chi connectivity index (χ4n) is 4.51. The van der Waals surface area contributed by atoms with Crippen LogP contribution in [0, 0.1) is 0 Å². The Morgan fingerprint density at radius 2 is 1.30 bits per heavy atom. The topological polar surface area (TPSA) is 0 Å². The molecule has 5 aromatic carbocycles. The van der Waals surface area contributed by atoms with Crippen LogP contribution in [0.15, 0.2) is 133 Å². The molecule has 0 saturated carbocycles. The Morgan fingerprint density at radius 1 is 0.697 bits per heavy atom. The Hall–Kier alpha value is -3.02. The molecule has 6 rings (SSSR count). The van der Waals surface area contributed by atoms with Crippen LogP contribution in [0.1, 0.15) is 29.5 Å². The van der Waals surface area contributed by atoms with Crippen molar-refractivity contribution in [1.29, 1.82) is 0 Å². The average molecular weight is 501 g/mol. The molecule has 5 aromatic rings. The van der Waals surface area contributed by atoms with Gasteiger partial charge in [0.25, 0.3) is 0 Å². The third-order valence-electron chi connectivity index (χ3n) is 6.18. The van der Waals surface area contributed by atoms with Gasteiger partial charge < -0.3 is 0 Å². The molecule has 0 saturated heterocycles. The molecule has 158 valence electrons. The van der Waals surface area contributed by atoms with Crippen LogP contribution >= 0.6 is 0 Å². The van der Waals surface area contributed by atoms with Crippen molar-refractivity contribution in [3.8, 4) is 0 Å². The molecule has 1 aliphatic rings. The standard InChI is InChI=1S/C19H15.C13H10.Zr/c1-13-9-10-15(11-13)17-7-4-8-18-16-6-3-2-5-14(16)12-19(17)18;1-3-7-12(8-4-1)11-13-9-5-2-6-10-13;/h2-12,15H,1H3;1-10H;/q-1;;. The summed E-state index contributed by atoms with van der Waals surface area (Å²) in [5, 5.41) is 5.47. The quantitative estimate of drug-likeness (QED) is 0.219. The molecule has 0 fully saturated rings. The minimum absolute atomic E-state index is 0.431. The van der Waals surface area contributed by atoms with Gasteiger partial charge in [0.2, 0.25) is 0 Å². The van der Waals surface area contributed by atoms with E-state index in [1.807, 2.05) is 0 Å². The summed E-state index contributed by atoms with van der Waals surface area (Å²) in [6, 6.07) is 38.7. The monoisotopic (exact) mass is 499 g/mol. The van der Waals surface area contributed by atoms with Crippen molar-refractivity contribution in [2.24, 2.45) is 0 Å². The molecule has 0 spiro atoms. The van der Waals surface area contributed by atoms with Gasteiger partial charge in [0.05, 0.1) is 0 Å². The van der Waals surface area contributed by atoms with E-state index >= 15 is 0 Å². The van der Waals surface area contributed by atoms with Crippen LogP contribution in [0.4, 0.5) is 0 Å².